The molecule has 0 aliphatic heterocycles. The number of carbonyl (C=O) groups excluding carboxylic acids is 1. The van der Waals surface area contributed by atoms with Gasteiger partial charge in [-0.25, -0.2) is 17.8 Å². The standard InChI is InChI=1S/C22H16FN3O3S2/c23-17-8-12-19(13-9-17)31(28,29)26-18-10-6-16(7-11-18)21(27)25-22-24-20(14-30-22)15-4-2-1-3-5-15/h1-14,26H,(H,24,25,27). The lowest BCUT2D eigenvalue weighted by Gasteiger charge is -2.09. The number of hydrogen-bond donors (Lipinski definition) is 2. The third kappa shape index (κ3) is 4.96. The summed E-state index contributed by atoms with van der Waals surface area (Å²) < 4.78 is 40.2. The van der Waals surface area contributed by atoms with E-state index in [0.717, 1.165) is 23.4 Å². The highest BCUT2D eigenvalue weighted by molar-refractivity contribution is 7.92. The quantitative estimate of drug-likeness (QED) is 0.430. The molecule has 0 radical (unpaired) electrons. The van der Waals surface area contributed by atoms with Crippen LogP contribution in [-0.2, 0) is 10.0 Å². The first-order valence-electron chi connectivity index (χ1n) is 9.11. The van der Waals surface area contributed by atoms with Crippen molar-refractivity contribution >= 4 is 38.1 Å². The van der Waals surface area contributed by atoms with Gasteiger partial charge in [-0.05, 0) is 48.5 Å². The minimum Gasteiger partial charge on any atom is -0.298 e. The number of hydrogen-bond acceptors (Lipinski definition) is 5. The van der Waals surface area contributed by atoms with Crippen molar-refractivity contribution in [3.8, 4) is 11.3 Å². The van der Waals surface area contributed by atoms with Crippen molar-refractivity contribution in [3.63, 3.8) is 0 Å². The summed E-state index contributed by atoms with van der Waals surface area (Å²) in [6, 6.07) is 20.1. The van der Waals surface area contributed by atoms with E-state index >= 15 is 0 Å². The van der Waals surface area contributed by atoms with Crippen LogP contribution in [0.1, 0.15) is 10.4 Å². The fourth-order valence-electron chi connectivity index (χ4n) is 2.76. The number of benzene rings is 3. The Labute approximate surface area is 182 Å². The third-order valence-electron chi connectivity index (χ3n) is 4.32. The zero-order chi connectivity index (χ0) is 21.8. The highest BCUT2D eigenvalue weighted by Gasteiger charge is 2.15. The summed E-state index contributed by atoms with van der Waals surface area (Å²) in [4.78, 5) is 16.8. The van der Waals surface area contributed by atoms with Crippen LogP contribution in [-0.4, -0.2) is 19.3 Å². The van der Waals surface area contributed by atoms with Crippen molar-refractivity contribution in [2.75, 3.05) is 10.0 Å². The van der Waals surface area contributed by atoms with Crippen LogP contribution in [0.25, 0.3) is 11.3 Å². The molecule has 4 rings (SSSR count). The molecular formula is C22H16FN3O3S2. The number of aromatic nitrogens is 1. The first-order chi connectivity index (χ1) is 14.9. The molecule has 156 valence electrons. The topological polar surface area (TPSA) is 88.2 Å². The predicted molar refractivity (Wildman–Crippen MR) is 119 cm³/mol. The Morgan fingerprint density at radius 2 is 1.58 bits per heavy atom. The highest BCUT2D eigenvalue weighted by atomic mass is 32.2. The van der Waals surface area contributed by atoms with Gasteiger partial charge in [-0.2, -0.15) is 0 Å². The second-order valence-electron chi connectivity index (χ2n) is 6.49. The smallest absolute Gasteiger partial charge is 0.261 e. The van der Waals surface area contributed by atoms with Crippen molar-refractivity contribution in [3.05, 3.63) is 95.6 Å². The molecule has 2 N–H and O–H groups in total. The number of thiazole rings is 1. The first-order valence-corrected chi connectivity index (χ1v) is 11.5. The number of nitrogens with one attached hydrogen (secondary N) is 2. The lowest BCUT2D eigenvalue weighted by molar-refractivity contribution is 0.102. The van der Waals surface area contributed by atoms with Gasteiger partial charge < -0.3 is 0 Å². The van der Waals surface area contributed by atoms with E-state index in [4.69, 9.17) is 0 Å². The number of anilines is 2. The fraction of sp³-hybridized carbons (Fsp3) is 0. The molecule has 0 spiro atoms. The molecule has 1 amide bonds. The average Bonchev–Trinajstić information content (AvgIpc) is 3.23. The van der Waals surface area contributed by atoms with E-state index in [1.165, 1.54) is 47.7 Å². The summed E-state index contributed by atoms with van der Waals surface area (Å²) in [5, 5.41) is 5.06. The van der Waals surface area contributed by atoms with Crippen LogP contribution in [0, 0.1) is 5.82 Å². The Balaban J connectivity index is 1.43. The second-order valence-corrected chi connectivity index (χ2v) is 9.04. The van der Waals surface area contributed by atoms with E-state index in [9.17, 15) is 17.6 Å². The van der Waals surface area contributed by atoms with Crippen molar-refractivity contribution in [2.45, 2.75) is 4.90 Å². The maximum atomic E-state index is 13.0. The van der Waals surface area contributed by atoms with Crippen molar-refractivity contribution in [1.29, 1.82) is 0 Å². The van der Waals surface area contributed by atoms with Crippen LogP contribution in [0.2, 0.25) is 0 Å². The van der Waals surface area contributed by atoms with Gasteiger partial charge in [0.1, 0.15) is 5.82 Å². The van der Waals surface area contributed by atoms with Crippen molar-refractivity contribution in [2.24, 2.45) is 0 Å². The van der Waals surface area contributed by atoms with E-state index in [-0.39, 0.29) is 16.5 Å². The van der Waals surface area contributed by atoms with E-state index in [1.54, 1.807) is 0 Å². The first kappa shape index (κ1) is 20.7. The Morgan fingerprint density at radius 3 is 2.26 bits per heavy atom. The van der Waals surface area contributed by atoms with Crippen LogP contribution in [0.3, 0.4) is 0 Å². The van der Waals surface area contributed by atoms with Gasteiger partial charge in [-0.3, -0.25) is 14.8 Å². The lowest BCUT2D eigenvalue weighted by Crippen LogP contribution is -2.14. The molecular weight excluding hydrogens is 437 g/mol. The molecule has 3 aromatic carbocycles. The summed E-state index contributed by atoms with van der Waals surface area (Å²) in [7, 11) is -3.86. The summed E-state index contributed by atoms with van der Waals surface area (Å²) >= 11 is 1.32. The summed E-state index contributed by atoms with van der Waals surface area (Å²) in [5.74, 6) is -0.882. The van der Waals surface area contributed by atoms with Crippen LogP contribution < -0.4 is 10.0 Å². The van der Waals surface area contributed by atoms with Gasteiger partial charge in [-0.1, -0.05) is 30.3 Å². The van der Waals surface area contributed by atoms with E-state index in [2.05, 4.69) is 15.0 Å². The monoisotopic (exact) mass is 453 g/mol. The Bertz CT molecular complexity index is 1300. The maximum absolute atomic E-state index is 13.0. The minimum atomic E-state index is -3.86. The maximum Gasteiger partial charge on any atom is 0.261 e. The van der Waals surface area contributed by atoms with Crippen LogP contribution >= 0.6 is 11.3 Å². The molecule has 0 fully saturated rings. The molecule has 0 saturated heterocycles. The lowest BCUT2D eigenvalue weighted by atomic mass is 10.2. The molecule has 0 aliphatic carbocycles. The number of amides is 1. The molecule has 0 bridgehead atoms. The predicted octanol–water partition coefficient (Wildman–Crippen LogP) is 5.00. The van der Waals surface area contributed by atoms with Gasteiger partial charge in [-0.15, -0.1) is 11.3 Å². The molecule has 4 aromatic rings. The SMILES string of the molecule is O=C(Nc1nc(-c2ccccc2)cs1)c1ccc(NS(=O)(=O)c2ccc(F)cc2)cc1. The molecule has 1 heterocycles. The van der Waals surface area contributed by atoms with Crippen molar-refractivity contribution < 1.29 is 17.6 Å². The molecule has 9 heteroatoms. The number of sulfonamides is 1. The Hall–Kier alpha value is -3.56. The van der Waals surface area contributed by atoms with E-state index in [1.807, 2.05) is 35.7 Å². The Morgan fingerprint density at radius 1 is 0.903 bits per heavy atom. The van der Waals surface area contributed by atoms with Gasteiger partial charge in [0.25, 0.3) is 15.9 Å². The summed E-state index contributed by atoms with van der Waals surface area (Å²) in [6.07, 6.45) is 0. The van der Waals surface area contributed by atoms with Gasteiger partial charge in [0, 0.05) is 22.2 Å². The molecule has 0 aliphatic rings. The van der Waals surface area contributed by atoms with Crippen LogP contribution in [0.4, 0.5) is 15.2 Å². The second kappa shape index (κ2) is 8.66. The van der Waals surface area contributed by atoms with Crippen molar-refractivity contribution in [1.82, 2.24) is 4.98 Å². The molecule has 6 nitrogen and oxygen atoms in total. The Kier molecular flexibility index (Phi) is 5.79. The summed E-state index contributed by atoms with van der Waals surface area (Å²) in [6.45, 7) is 0. The zero-order valence-corrected chi connectivity index (χ0v) is 17.6. The van der Waals surface area contributed by atoms with E-state index < -0.39 is 15.8 Å². The fourth-order valence-corrected chi connectivity index (χ4v) is 4.53. The highest BCUT2D eigenvalue weighted by Crippen LogP contribution is 2.25. The van der Waals surface area contributed by atoms with E-state index in [0.29, 0.717) is 10.7 Å². The largest absolute Gasteiger partial charge is 0.298 e. The normalized spacial score (nSPS) is 11.1. The molecule has 31 heavy (non-hydrogen) atoms. The molecule has 1 aromatic heterocycles. The average molecular weight is 454 g/mol. The zero-order valence-electron chi connectivity index (χ0n) is 15.9. The van der Waals surface area contributed by atoms with Crippen LogP contribution in [0.5, 0.6) is 0 Å². The minimum absolute atomic E-state index is 0.0614. The molecule has 0 unspecified atom stereocenters. The number of rotatable bonds is 6. The van der Waals surface area contributed by atoms with Gasteiger partial charge in [0.05, 0.1) is 10.6 Å². The van der Waals surface area contributed by atoms with Gasteiger partial charge in [0.2, 0.25) is 0 Å². The van der Waals surface area contributed by atoms with Gasteiger partial charge >= 0.3 is 0 Å². The summed E-state index contributed by atoms with van der Waals surface area (Å²) in [5.41, 5.74) is 2.35. The third-order valence-corrected chi connectivity index (χ3v) is 6.47. The molecule has 0 atom stereocenters. The number of halogens is 1. The van der Waals surface area contributed by atoms with Crippen LogP contribution in [0.15, 0.2) is 89.1 Å². The number of carbonyl (C=O) groups is 1. The molecule has 0 saturated carbocycles. The number of nitrogens with zero attached hydrogens (tertiary/aromatic N) is 1. The van der Waals surface area contributed by atoms with Gasteiger partial charge in [0.15, 0.2) is 5.13 Å².